The molecule has 0 bridgehead atoms. The van der Waals surface area contributed by atoms with Crippen molar-refractivity contribution in [1.29, 1.82) is 0 Å². The third kappa shape index (κ3) is 3.09. The molecule has 0 amide bonds. The summed E-state index contributed by atoms with van der Waals surface area (Å²) in [6.07, 6.45) is 7.81. The van der Waals surface area contributed by atoms with Crippen molar-refractivity contribution in [3.8, 4) is 5.75 Å². The predicted octanol–water partition coefficient (Wildman–Crippen LogP) is 3.61. The van der Waals surface area contributed by atoms with Gasteiger partial charge in [0.25, 0.3) is 0 Å². The van der Waals surface area contributed by atoms with E-state index in [9.17, 15) is 0 Å². The highest BCUT2D eigenvalue weighted by atomic mass is 16.5. The monoisotopic (exact) mass is 289 g/mol. The molecule has 3 heteroatoms. The van der Waals surface area contributed by atoms with Crippen molar-refractivity contribution in [1.82, 2.24) is 0 Å². The van der Waals surface area contributed by atoms with Crippen molar-refractivity contribution in [2.24, 2.45) is 11.7 Å². The lowest BCUT2D eigenvalue weighted by Gasteiger charge is -2.31. The van der Waals surface area contributed by atoms with Crippen LogP contribution in [0.1, 0.15) is 56.2 Å². The van der Waals surface area contributed by atoms with E-state index in [2.05, 4.69) is 19.1 Å². The minimum Gasteiger partial charge on any atom is -0.497 e. The Bertz CT molecular complexity index is 488. The second-order valence-electron chi connectivity index (χ2n) is 6.53. The molecule has 4 unspecified atom stereocenters. The van der Waals surface area contributed by atoms with Crippen LogP contribution in [0.3, 0.4) is 0 Å². The van der Waals surface area contributed by atoms with Gasteiger partial charge in [0.1, 0.15) is 5.75 Å². The smallest absolute Gasteiger partial charge is 0.119 e. The van der Waals surface area contributed by atoms with Crippen LogP contribution in [-0.4, -0.2) is 19.3 Å². The van der Waals surface area contributed by atoms with E-state index >= 15 is 0 Å². The molecule has 3 nitrogen and oxygen atoms in total. The molecule has 0 aliphatic heterocycles. The Morgan fingerprint density at radius 3 is 2.90 bits per heavy atom. The first-order chi connectivity index (χ1) is 10.2. The molecule has 1 fully saturated rings. The fourth-order valence-corrected chi connectivity index (χ4v) is 3.86. The van der Waals surface area contributed by atoms with Crippen molar-refractivity contribution in [3.63, 3.8) is 0 Å². The molecule has 2 aliphatic carbocycles. The average molecular weight is 289 g/mol. The molecule has 0 spiro atoms. The van der Waals surface area contributed by atoms with E-state index in [4.69, 9.17) is 15.2 Å². The number of hydrogen-bond donors (Lipinski definition) is 1. The zero-order valence-corrected chi connectivity index (χ0v) is 13.2. The number of hydrogen-bond acceptors (Lipinski definition) is 3. The maximum absolute atomic E-state index is 6.42. The fourth-order valence-electron chi connectivity index (χ4n) is 3.86. The van der Waals surface area contributed by atoms with Crippen LogP contribution in [0.2, 0.25) is 0 Å². The third-order valence-corrected chi connectivity index (χ3v) is 5.21. The van der Waals surface area contributed by atoms with Crippen molar-refractivity contribution in [2.75, 3.05) is 7.11 Å². The standard InChI is InChI=1S/C18H27NO2/c1-3-12-5-4-6-15(9-12)21-17-10-13-7-8-14(20-2)11-16(13)18(17)19/h7-8,11-12,15,17-18H,3-6,9-10,19H2,1-2H3. The van der Waals surface area contributed by atoms with Crippen LogP contribution < -0.4 is 10.5 Å². The van der Waals surface area contributed by atoms with Crippen molar-refractivity contribution in [3.05, 3.63) is 29.3 Å². The first-order valence-corrected chi connectivity index (χ1v) is 8.29. The molecule has 0 radical (unpaired) electrons. The summed E-state index contributed by atoms with van der Waals surface area (Å²) in [7, 11) is 1.70. The van der Waals surface area contributed by atoms with Crippen LogP contribution in [-0.2, 0) is 11.2 Å². The van der Waals surface area contributed by atoms with E-state index in [-0.39, 0.29) is 12.1 Å². The van der Waals surface area contributed by atoms with Gasteiger partial charge in [-0.05, 0) is 42.0 Å². The van der Waals surface area contributed by atoms with Gasteiger partial charge in [-0.2, -0.15) is 0 Å². The maximum atomic E-state index is 6.42. The Morgan fingerprint density at radius 1 is 1.29 bits per heavy atom. The summed E-state index contributed by atoms with van der Waals surface area (Å²) in [5, 5.41) is 0. The zero-order valence-electron chi connectivity index (χ0n) is 13.2. The summed E-state index contributed by atoms with van der Waals surface area (Å²) in [5.74, 6) is 1.72. The average Bonchev–Trinajstić information content (AvgIpc) is 2.83. The zero-order chi connectivity index (χ0) is 14.8. The molecule has 0 heterocycles. The highest BCUT2D eigenvalue weighted by Crippen LogP contribution is 2.37. The summed E-state index contributed by atoms with van der Waals surface area (Å²) < 4.78 is 11.7. The van der Waals surface area contributed by atoms with Gasteiger partial charge in [0, 0.05) is 6.42 Å². The van der Waals surface area contributed by atoms with Crippen molar-refractivity contribution in [2.45, 2.75) is 63.7 Å². The van der Waals surface area contributed by atoms with Gasteiger partial charge in [0.2, 0.25) is 0 Å². The lowest BCUT2D eigenvalue weighted by molar-refractivity contribution is -0.0461. The quantitative estimate of drug-likeness (QED) is 0.921. The molecule has 21 heavy (non-hydrogen) atoms. The fraction of sp³-hybridized carbons (Fsp3) is 0.667. The predicted molar refractivity (Wildman–Crippen MR) is 84.5 cm³/mol. The van der Waals surface area contributed by atoms with Crippen LogP contribution in [0.4, 0.5) is 0 Å². The molecule has 4 atom stereocenters. The van der Waals surface area contributed by atoms with Gasteiger partial charge in [-0.15, -0.1) is 0 Å². The van der Waals surface area contributed by atoms with E-state index < -0.39 is 0 Å². The molecule has 3 rings (SSSR count). The number of rotatable bonds is 4. The summed E-state index contributed by atoms with van der Waals surface area (Å²) >= 11 is 0. The first-order valence-electron chi connectivity index (χ1n) is 8.29. The Balaban J connectivity index is 1.65. The topological polar surface area (TPSA) is 44.5 Å². The highest BCUT2D eigenvalue weighted by molar-refractivity contribution is 5.42. The van der Waals surface area contributed by atoms with Gasteiger partial charge in [0.05, 0.1) is 25.4 Å². The number of ether oxygens (including phenoxy) is 2. The molecular formula is C18H27NO2. The van der Waals surface area contributed by atoms with Crippen LogP contribution in [0.5, 0.6) is 5.75 Å². The van der Waals surface area contributed by atoms with Gasteiger partial charge < -0.3 is 15.2 Å². The number of fused-ring (bicyclic) bond motifs is 1. The molecule has 0 aromatic heterocycles. The maximum Gasteiger partial charge on any atom is 0.119 e. The second kappa shape index (κ2) is 6.37. The van der Waals surface area contributed by atoms with Crippen LogP contribution in [0.15, 0.2) is 18.2 Å². The van der Waals surface area contributed by atoms with E-state index in [1.54, 1.807) is 7.11 Å². The van der Waals surface area contributed by atoms with E-state index in [0.717, 1.165) is 18.1 Å². The summed E-state index contributed by atoms with van der Waals surface area (Å²) in [6.45, 7) is 2.29. The number of nitrogens with two attached hydrogens (primary N) is 1. The van der Waals surface area contributed by atoms with E-state index in [1.807, 2.05) is 6.07 Å². The Hall–Kier alpha value is -1.06. The normalized spacial score (nSPS) is 32.0. The van der Waals surface area contributed by atoms with Crippen molar-refractivity contribution >= 4 is 0 Å². The second-order valence-corrected chi connectivity index (χ2v) is 6.53. The first kappa shape index (κ1) is 14.9. The Kier molecular flexibility index (Phi) is 4.51. The van der Waals surface area contributed by atoms with E-state index in [1.165, 1.54) is 43.2 Å². The minimum absolute atomic E-state index is 0.0166. The number of benzene rings is 1. The Labute approximate surface area is 127 Å². The third-order valence-electron chi connectivity index (χ3n) is 5.21. The van der Waals surface area contributed by atoms with Crippen LogP contribution in [0, 0.1) is 5.92 Å². The Morgan fingerprint density at radius 2 is 2.14 bits per heavy atom. The molecule has 0 saturated heterocycles. The number of methoxy groups -OCH3 is 1. The van der Waals surface area contributed by atoms with Crippen LogP contribution in [0.25, 0.3) is 0 Å². The summed E-state index contributed by atoms with van der Waals surface area (Å²) in [6, 6.07) is 6.20. The van der Waals surface area contributed by atoms with Gasteiger partial charge in [0.15, 0.2) is 0 Å². The van der Waals surface area contributed by atoms with Gasteiger partial charge in [-0.1, -0.05) is 32.3 Å². The molecule has 1 saturated carbocycles. The lowest BCUT2D eigenvalue weighted by Crippen LogP contribution is -2.32. The highest BCUT2D eigenvalue weighted by Gasteiger charge is 2.33. The van der Waals surface area contributed by atoms with E-state index in [0.29, 0.717) is 6.10 Å². The molecule has 2 aliphatic rings. The summed E-state index contributed by atoms with van der Waals surface area (Å²) in [4.78, 5) is 0. The SMILES string of the molecule is CCC1CCCC(OC2Cc3ccc(OC)cc3C2N)C1. The van der Waals surface area contributed by atoms with Gasteiger partial charge in [-0.3, -0.25) is 0 Å². The van der Waals surface area contributed by atoms with Crippen molar-refractivity contribution < 1.29 is 9.47 Å². The molecule has 1 aromatic carbocycles. The largest absolute Gasteiger partial charge is 0.497 e. The molecular weight excluding hydrogens is 262 g/mol. The molecule has 1 aromatic rings. The van der Waals surface area contributed by atoms with Gasteiger partial charge >= 0.3 is 0 Å². The van der Waals surface area contributed by atoms with Crippen LogP contribution >= 0.6 is 0 Å². The van der Waals surface area contributed by atoms with Gasteiger partial charge in [-0.25, -0.2) is 0 Å². The summed E-state index contributed by atoms with van der Waals surface area (Å²) in [5.41, 5.74) is 8.93. The molecule has 116 valence electrons. The minimum atomic E-state index is -0.0166. The lowest BCUT2D eigenvalue weighted by atomic mass is 9.85. The molecule has 2 N–H and O–H groups in total.